The lowest BCUT2D eigenvalue weighted by atomic mass is 9.85. The zero-order valence-electron chi connectivity index (χ0n) is 13.5. The Balaban J connectivity index is 1.57. The number of benzene rings is 1. The molecule has 24 heavy (non-hydrogen) atoms. The lowest BCUT2D eigenvalue weighted by Crippen LogP contribution is -2.39. The van der Waals surface area contributed by atoms with Gasteiger partial charge < -0.3 is 10.1 Å². The van der Waals surface area contributed by atoms with E-state index in [1.807, 2.05) is 18.2 Å². The molecule has 130 valence electrons. The number of fused-ring (bicyclic) bond motifs is 3. The first-order valence-corrected chi connectivity index (χ1v) is 8.65. The van der Waals surface area contributed by atoms with Crippen LogP contribution in [0.4, 0.5) is 8.78 Å². The van der Waals surface area contributed by atoms with E-state index in [9.17, 15) is 13.6 Å². The fourth-order valence-corrected chi connectivity index (χ4v) is 4.08. The highest BCUT2D eigenvalue weighted by Crippen LogP contribution is 2.48. The van der Waals surface area contributed by atoms with Crippen LogP contribution in [0.1, 0.15) is 24.4 Å². The Bertz CT molecular complexity index is 621. The van der Waals surface area contributed by atoms with Gasteiger partial charge in [0.25, 0.3) is 6.43 Å². The molecule has 4 nitrogen and oxygen atoms in total. The zero-order chi connectivity index (χ0) is 16.7. The zero-order valence-corrected chi connectivity index (χ0v) is 13.5. The van der Waals surface area contributed by atoms with Crippen LogP contribution in [-0.4, -0.2) is 43.5 Å². The van der Waals surface area contributed by atoms with Crippen LogP contribution in [0.2, 0.25) is 0 Å². The molecule has 1 saturated carbocycles. The Kier molecular flexibility index (Phi) is 4.16. The SMILES string of the molecule is O=C(NCC(F)F)[C@@H]1CN(CC2CC2)[C@H]2c3ccccc3OC[C@@H]12. The Morgan fingerprint density at radius 2 is 2.12 bits per heavy atom. The van der Waals surface area contributed by atoms with E-state index in [0.29, 0.717) is 19.1 Å². The van der Waals surface area contributed by atoms with E-state index in [1.165, 1.54) is 12.8 Å². The fourth-order valence-electron chi connectivity index (χ4n) is 4.08. The van der Waals surface area contributed by atoms with Crippen LogP contribution in [0.5, 0.6) is 5.75 Å². The minimum Gasteiger partial charge on any atom is -0.493 e. The van der Waals surface area contributed by atoms with Gasteiger partial charge in [-0.1, -0.05) is 18.2 Å². The lowest BCUT2D eigenvalue weighted by Gasteiger charge is -2.34. The van der Waals surface area contributed by atoms with Crippen molar-refractivity contribution < 1.29 is 18.3 Å². The topological polar surface area (TPSA) is 41.6 Å². The largest absolute Gasteiger partial charge is 0.493 e. The molecule has 0 spiro atoms. The van der Waals surface area contributed by atoms with Crippen molar-refractivity contribution in [2.45, 2.75) is 25.3 Å². The number of carbonyl (C=O) groups is 1. The van der Waals surface area contributed by atoms with Crippen molar-refractivity contribution in [2.24, 2.45) is 17.8 Å². The van der Waals surface area contributed by atoms with Crippen LogP contribution in [0.25, 0.3) is 0 Å². The standard InChI is InChI=1S/C18H22F2N2O2/c19-16(20)7-21-18(23)13-9-22(8-11-5-6-11)17-12-3-1-2-4-15(12)24-10-14(13)17/h1-4,11,13-14,16-17H,5-10H2,(H,21,23)/t13-,14+,17+/m1/s1. The summed E-state index contributed by atoms with van der Waals surface area (Å²) < 4.78 is 30.7. The number of alkyl halides is 2. The third-order valence-corrected chi connectivity index (χ3v) is 5.37. The highest BCUT2D eigenvalue weighted by Gasteiger charge is 2.49. The van der Waals surface area contributed by atoms with Gasteiger partial charge in [-0.2, -0.15) is 0 Å². The molecular weight excluding hydrogens is 314 g/mol. The van der Waals surface area contributed by atoms with Crippen LogP contribution in [-0.2, 0) is 4.79 Å². The number of nitrogens with zero attached hydrogens (tertiary/aromatic N) is 1. The summed E-state index contributed by atoms with van der Waals surface area (Å²) in [4.78, 5) is 14.8. The summed E-state index contributed by atoms with van der Waals surface area (Å²) in [5.41, 5.74) is 1.12. The molecule has 1 aromatic rings. The minimum absolute atomic E-state index is 0.0244. The van der Waals surface area contributed by atoms with Gasteiger partial charge in [-0.3, -0.25) is 9.69 Å². The second-order valence-corrected chi connectivity index (χ2v) is 7.10. The number of para-hydroxylation sites is 1. The van der Waals surface area contributed by atoms with Crippen molar-refractivity contribution in [1.82, 2.24) is 10.2 Å². The van der Waals surface area contributed by atoms with Crippen LogP contribution in [0, 0.1) is 17.8 Å². The predicted octanol–water partition coefficient (Wildman–Crippen LogP) is 2.46. The van der Waals surface area contributed by atoms with Gasteiger partial charge in [0.15, 0.2) is 0 Å². The van der Waals surface area contributed by atoms with Crippen LogP contribution < -0.4 is 10.1 Å². The van der Waals surface area contributed by atoms with E-state index in [1.54, 1.807) is 0 Å². The third kappa shape index (κ3) is 2.99. The maximum atomic E-state index is 12.4. The smallest absolute Gasteiger partial charge is 0.255 e. The highest BCUT2D eigenvalue weighted by atomic mass is 19.3. The lowest BCUT2D eigenvalue weighted by molar-refractivity contribution is -0.126. The Morgan fingerprint density at radius 1 is 1.33 bits per heavy atom. The van der Waals surface area contributed by atoms with Gasteiger partial charge in [0.1, 0.15) is 5.75 Å². The van der Waals surface area contributed by atoms with Gasteiger partial charge in [-0.15, -0.1) is 0 Å². The van der Waals surface area contributed by atoms with Crippen molar-refractivity contribution in [2.75, 3.05) is 26.2 Å². The van der Waals surface area contributed by atoms with Crippen molar-refractivity contribution >= 4 is 5.91 Å². The van der Waals surface area contributed by atoms with Gasteiger partial charge in [0.05, 0.1) is 19.1 Å². The van der Waals surface area contributed by atoms with E-state index < -0.39 is 13.0 Å². The Labute approximate surface area is 140 Å². The number of ether oxygens (including phenoxy) is 1. The minimum atomic E-state index is -2.52. The average molecular weight is 336 g/mol. The van der Waals surface area contributed by atoms with Crippen molar-refractivity contribution in [3.05, 3.63) is 29.8 Å². The van der Waals surface area contributed by atoms with Crippen molar-refractivity contribution in [3.63, 3.8) is 0 Å². The molecule has 6 heteroatoms. The van der Waals surface area contributed by atoms with Crippen LogP contribution >= 0.6 is 0 Å². The van der Waals surface area contributed by atoms with Crippen molar-refractivity contribution in [3.8, 4) is 5.75 Å². The molecule has 1 amide bonds. The molecular formula is C18H22F2N2O2. The summed E-state index contributed by atoms with van der Waals surface area (Å²) in [6, 6.07) is 8.12. The molecule has 0 radical (unpaired) electrons. The maximum Gasteiger partial charge on any atom is 0.255 e. The van der Waals surface area contributed by atoms with E-state index >= 15 is 0 Å². The summed E-state index contributed by atoms with van der Waals surface area (Å²) in [6.45, 7) is 1.50. The first-order valence-electron chi connectivity index (χ1n) is 8.65. The number of hydrogen-bond donors (Lipinski definition) is 1. The number of amides is 1. The normalized spacial score (nSPS) is 29.0. The van der Waals surface area contributed by atoms with Crippen LogP contribution in [0.15, 0.2) is 24.3 Å². The molecule has 0 unspecified atom stereocenters. The van der Waals surface area contributed by atoms with Crippen molar-refractivity contribution in [1.29, 1.82) is 0 Å². The maximum absolute atomic E-state index is 12.4. The summed E-state index contributed by atoms with van der Waals surface area (Å²) >= 11 is 0. The second kappa shape index (κ2) is 6.31. The summed E-state index contributed by atoms with van der Waals surface area (Å²) in [5, 5.41) is 2.40. The first kappa shape index (κ1) is 15.8. The second-order valence-electron chi connectivity index (χ2n) is 7.10. The molecule has 1 N–H and O–H groups in total. The molecule has 0 aromatic heterocycles. The number of rotatable bonds is 5. The number of hydrogen-bond acceptors (Lipinski definition) is 3. The molecule has 2 fully saturated rings. The molecule has 1 saturated heterocycles. The summed E-state index contributed by atoms with van der Waals surface area (Å²) in [6.07, 6.45) is -0.0280. The number of nitrogens with one attached hydrogen (secondary N) is 1. The molecule has 2 aliphatic heterocycles. The molecule has 2 heterocycles. The van der Waals surface area contributed by atoms with Gasteiger partial charge in [-0.25, -0.2) is 8.78 Å². The van der Waals surface area contributed by atoms with E-state index in [4.69, 9.17) is 4.74 Å². The third-order valence-electron chi connectivity index (χ3n) is 5.37. The average Bonchev–Trinajstić information content (AvgIpc) is 3.32. The van der Waals surface area contributed by atoms with Gasteiger partial charge in [0, 0.05) is 30.6 Å². The highest BCUT2D eigenvalue weighted by molar-refractivity contribution is 5.80. The summed E-state index contributed by atoms with van der Waals surface area (Å²) in [5.74, 6) is 1.06. The molecule has 4 rings (SSSR count). The quantitative estimate of drug-likeness (QED) is 0.898. The number of likely N-dealkylation sites (tertiary alicyclic amines) is 1. The molecule has 1 aromatic carbocycles. The Morgan fingerprint density at radius 3 is 2.88 bits per heavy atom. The van der Waals surface area contributed by atoms with E-state index in [2.05, 4.69) is 16.3 Å². The van der Waals surface area contributed by atoms with Gasteiger partial charge in [0.2, 0.25) is 5.91 Å². The molecule has 0 bridgehead atoms. The summed E-state index contributed by atoms with van der Waals surface area (Å²) in [7, 11) is 0. The number of carbonyl (C=O) groups excluding carboxylic acids is 1. The fraction of sp³-hybridized carbons (Fsp3) is 0.611. The Hall–Kier alpha value is -1.69. The van der Waals surface area contributed by atoms with E-state index in [-0.39, 0.29) is 23.8 Å². The van der Waals surface area contributed by atoms with Gasteiger partial charge in [-0.05, 0) is 24.8 Å². The van der Waals surface area contributed by atoms with Gasteiger partial charge >= 0.3 is 0 Å². The molecule has 3 atom stereocenters. The van der Waals surface area contributed by atoms with E-state index in [0.717, 1.165) is 17.9 Å². The first-order chi connectivity index (χ1) is 11.6. The number of halogens is 2. The van der Waals surface area contributed by atoms with Crippen LogP contribution in [0.3, 0.4) is 0 Å². The predicted molar refractivity (Wildman–Crippen MR) is 85.0 cm³/mol. The molecule has 3 aliphatic rings. The molecule has 1 aliphatic carbocycles. The monoisotopic (exact) mass is 336 g/mol.